The van der Waals surface area contributed by atoms with E-state index in [-0.39, 0.29) is 11.9 Å². The van der Waals surface area contributed by atoms with Crippen LogP contribution in [0.5, 0.6) is 0 Å². The van der Waals surface area contributed by atoms with Crippen LogP contribution in [0.1, 0.15) is 17.2 Å². The first-order valence-electron chi connectivity index (χ1n) is 5.91. The molecule has 18 heavy (non-hydrogen) atoms. The molecule has 1 heterocycles. The third kappa shape index (κ3) is 2.05. The predicted molar refractivity (Wildman–Crippen MR) is 68.0 cm³/mol. The van der Waals surface area contributed by atoms with E-state index < -0.39 is 7.12 Å². The summed E-state index contributed by atoms with van der Waals surface area (Å²) in [7, 11) is -0.950. The molecular weight excluding hydrogens is 230 g/mol. The maximum absolute atomic E-state index is 13.3. The van der Waals surface area contributed by atoms with Crippen LogP contribution in [-0.2, 0) is 11.1 Å². The van der Waals surface area contributed by atoms with E-state index in [0.29, 0.717) is 11.9 Å². The molecule has 0 saturated carbocycles. The van der Waals surface area contributed by atoms with Crippen LogP contribution in [-0.4, -0.2) is 12.1 Å². The predicted octanol–water partition coefficient (Wildman–Crippen LogP) is 1.83. The van der Waals surface area contributed by atoms with Gasteiger partial charge in [-0.3, -0.25) is 0 Å². The Morgan fingerprint density at radius 3 is 2.72 bits per heavy atom. The lowest BCUT2D eigenvalue weighted by Crippen LogP contribution is -2.27. The number of halogens is 1. The average molecular weight is 242 g/mol. The highest BCUT2D eigenvalue weighted by Gasteiger charge is 2.35. The molecule has 0 saturated heterocycles. The molecule has 0 aliphatic carbocycles. The highest BCUT2D eigenvalue weighted by Crippen LogP contribution is 2.27. The number of hydrogen-bond acceptors (Lipinski definition) is 2. The molecule has 0 aromatic heterocycles. The van der Waals surface area contributed by atoms with E-state index in [4.69, 9.17) is 4.65 Å². The van der Waals surface area contributed by atoms with E-state index in [1.165, 1.54) is 12.1 Å². The number of rotatable bonds is 2. The maximum atomic E-state index is 13.3. The first kappa shape index (κ1) is 11.4. The minimum Gasteiger partial charge on any atom is -0.423 e. The van der Waals surface area contributed by atoms with Gasteiger partial charge in [-0.25, -0.2) is 4.39 Å². The Morgan fingerprint density at radius 2 is 1.94 bits per heavy atom. The van der Waals surface area contributed by atoms with Crippen molar-refractivity contribution in [1.29, 1.82) is 0 Å². The lowest BCUT2D eigenvalue weighted by molar-refractivity contribution is 0.190. The van der Waals surface area contributed by atoms with Crippen molar-refractivity contribution in [1.82, 2.24) is 0 Å². The second-order valence-electron chi connectivity index (χ2n) is 4.44. The van der Waals surface area contributed by atoms with Crippen LogP contribution in [0, 0.1) is 5.82 Å². The van der Waals surface area contributed by atoms with E-state index >= 15 is 0 Å². The minimum absolute atomic E-state index is 0.284. The quantitative estimate of drug-likeness (QED) is 0.814. The zero-order chi connectivity index (χ0) is 12.5. The normalized spacial score (nSPS) is 17.9. The maximum Gasteiger partial charge on any atom is 0.491 e. The van der Waals surface area contributed by atoms with Crippen LogP contribution in [0.15, 0.2) is 48.5 Å². The van der Waals surface area contributed by atoms with E-state index in [0.717, 1.165) is 11.1 Å². The fourth-order valence-electron chi connectivity index (χ4n) is 2.34. The Kier molecular flexibility index (Phi) is 2.90. The molecule has 1 aliphatic rings. The minimum atomic E-state index is -0.950. The SMILES string of the molecule is OB1OC(Cc2ccccc2)c2cc(F)ccc21. The molecule has 90 valence electrons. The topological polar surface area (TPSA) is 29.5 Å². The first-order chi connectivity index (χ1) is 8.74. The van der Waals surface area contributed by atoms with E-state index in [1.54, 1.807) is 6.07 Å². The summed E-state index contributed by atoms with van der Waals surface area (Å²) in [5.41, 5.74) is 2.51. The van der Waals surface area contributed by atoms with Gasteiger partial charge in [0.25, 0.3) is 0 Å². The molecule has 2 aromatic carbocycles. The van der Waals surface area contributed by atoms with Crippen LogP contribution in [0.2, 0.25) is 0 Å². The summed E-state index contributed by atoms with van der Waals surface area (Å²) in [6, 6.07) is 14.2. The van der Waals surface area contributed by atoms with Gasteiger partial charge in [0, 0.05) is 6.42 Å². The Morgan fingerprint density at radius 1 is 1.17 bits per heavy atom. The monoisotopic (exact) mass is 242 g/mol. The summed E-state index contributed by atoms with van der Waals surface area (Å²) in [5, 5.41) is 9.78. The summed E-state index contributed by atoms with van der Waals surface area (Å²) in [6.45, 7) is 0. The van der Waals surface area contributed by atoms with Crippen LogP contribution >= 0.6 is 0 Å². The first-order valence-corrected chi connectivity index (χ1v) is 5.91. The van der Waals surface area contributed by atoms with Crippen LogP contribution < -0.4 is 5.46 Å². The molecule has 2 nitrogen and oxygen atoms in total. The van der Waals surface area contributed by atoms with Crippen LogP contribution in [0.25, 0.3) is 0 Å². The van der Waals surface area contributed by atoms with Gasteiger partial charge in [-0.05, 0) is 28.7 Å². The molecule has 1 atom stereocenters. The van der Waals surface area contributed by atoms with E-state index in [9.17, 15) is 9.41 Å². The van der Waals surface area contributed by atoms with Crippen molar-refractivity contribution in [3.05, 3.63) is 65.5 Å². The molecule has 0 spiro atoms. The van der Waals surface area contributed by atoms with Crippen molar-refractivity contribution in [2.24, 2.45) is 0 Å². The second kappa shape index (κ2) is 4.56. The smallest absolute Gasteiger partial charge is 0.423 e. The zero-order valence-corrected chi connectivity index (χ0v) is 9.71. The molecule has 1 aliphatic heterocycles. The fourth-order valence-corrected chi connectivity index (χ4v) is 2.34. The lowest BCUT2D eigenvalue weighted by Gasteiger charge is -2.12. The highest BCUT2D eigenvalue weighted by atomic mass is 19.1. The summed E-state index contributed by atoms with van der Waals surface area (Å²) in [5.74, 6) is -0.301. The fraction of sp³-hybridized carbons (Fsp3) is 0.143. The molecule has 0 fully saturated rings. The van der Waals surface area contributed by atoms with Crippen molar-refractivity contribution in [2.45, 2.75) is 12.5 Å². The molecular formula is C14H12BFO2. The largest absolute Gasteiger partial charge is 0.491 e. The van der Waals surface area contributed by atoms with Crippen LogP contribution in [0.3, 0.4) is 0 Å². The third-order valence-electron chi connectivity index (χ3n) is 3.22. The molecule has 0 amide bonds. The van der Waals surface area contributed by atoms with Crippen molar-refractivity contribution < 1.29 is 14.1 Å². The van der Waals surface area contributed by atoms with Gasteiger partial charge in [0.15, 0.2) is 0 Å². The van der Waals surface area contributed by atoms with E-state index in [1.807, 2.05) is 30.3 Å². The Hall–Kier alpha value is -1.65. The van der Waals surface area contributed by atoms with Gasteiger partial charge >= 0.3 is 7.12 Å². The summed E-state index contributed by atoms with van der Waals surface area (Å²) in [4.78, 5) is 0. The van der Waals surface area contributed by atoms with Crippen molar-refractivity contribution >= 4 is 12.6 Å². The average Bonchev–Trinajstić information content (AvgIpc) is 2.67. The lowest BCUT2D eigenvalue weighted by atomic mass is 9.79. The third-order valence-corrected chi connectivity index (χ3v) is 3.22. The van der Waals surface area contributed by atoms with Crippen LogP contribution in [0.4, 0.5) is 4.39 Å². The summed E-state index contributed by atoms with van der Waals surface area (Å²) in [6.07, 6.45) is 0.349. The Labute approximate surface area is 105 Å². The van der Waals surface area contributed by atoms with Gasteiger partial charge in [-0.1, -0.05) is 36.4 Å². The molecule has 1 N–H and O–H groups in total. The van der Waals surface area contributed by atoms with Gasteiger partial charge in [-0.2, -0.15) is 0 Å². The highest BCUT2D eigenvalue weighted by molar-refractivity contribution is 6.61. The number of hydrogen-bond donors (Lipinski definition) is 1. The molecule has 2 aromatic rings. The Bertz CT molecular complexity index is 559. The van der Waals surface area contributed by atoms with Gasteiger partial charge in [-0.15, -0.1) is 0 Å². The standard InChI is InChI=1S/C14H12BFO2/c16-11-6-7-13-12(9-11)14(18-15(13)17)8-10-4-2-1-3-5-10/h1-7,9,14,17H,8H2. The number of benzene rings is 2. The molecule has 1 unspecified atom stereocenters. The molecule has 0 radical (unpaired) electrons. The molecule has 0 bridgehead atoms. The van der Waals surface area contributed by atoms with Crippen molar-refractivity contribution in [3.63, 3.8) is 0 Å². The van der Waals surface area contributed by atoms with Crippen molar-refractivity contribution in [2.75, 3.05) is 0 Å². The van der Waals surface area contributed by atoms with Gasteiger partial charge in [0.2, 0.25) is 0 Å². The summed E-state index contributed by atoms with van der Waals surface area (Å²) < 4.78 is 18.7. The second-order valence-corrected chi connectivity index (χ2v) is 4.44. The van der Waals surface area contributed by atoms with E-state index in [2.05, 4.69) is 0 Å². The van der Waals surface area contributed by atoms with Gasteiger partial charge in [0.1, 0.15) is 5.82 Å². The molecule has 4 heteroatoms. The Balaban J connectivity index is 1.90. The van der Waals surface area contributed by atoms with Crippen molar-refractivity contribution in [3.8, 4) is 0 Å². The summed E-state index contributed by atoms with van der Waals surface area (Å²) >= 11 is 0. The number of fused-ring (bicyclic) bond motifs is 1. The zero-order valence-electron chi connectivity index (χ0n) is 9.71. The van der Waals surface area contributed by atoms with Gasteiger partial charge < -0.3 is 9.68 Å². The van der Waals surface area contributed by atoms with Gasteiger partial charge in [0.05, 0.1) is 6.10 Å². The molecule has 3 rings (SSSR count).